The summed E-state index contributed by atoms with van der Waals surface area (Å²) in [5, 5.41) is 0. The van der Waals surface area contributed by atoms with Gasteiger partial charge in [0.15, 0.2) is 11.6 Å². The molecule has 0 fully saturated rings. The first-order valence-electron chi connectivity index (χ1n) is 10.3. The van der Waals surface area contributed by atoms with Crippen LogP contribution in [0.4, 0.5) is 17.6 Å². The summed E-state index contributed by atoms with van der Waals surface area (Å²) in [5.74, 6) is -2.88. The number of benzene rings is 2. The average molecular weight is 526 g/mol. The maximum absolute atomic E-state index is 14.7. The zero-order valence-corrected chi connectivity index (χ0v) is 19.3. The lowest BCUT2D eigenvalue weighted by Gasteiger charge is -2.38. The van der Waals surface area contributed by atoms with Crippen LogP contribution >= 0.6 is 0 Å². The first-order valence-corrected chi connectivity index (χ1v) is 11.8. The summed E-state index contributed by atoms with van der Waals surface area (Å²) in [6.07, 6.45) is -3.81. The Kier molecular flexibility index (Phi) is 6.62. The van der Waals surface area contributed by atoms with Gasteiger partial charge >= 0.3 is 12.3 Å². The Bertz CT molecular complexity index is 1400. The number of sulfonamides is 1. The van der Waals surface area contributed by atoms with E-state index >= 15 is 0 Å². The maximum atomic E-state index is 14.7. The molecule has 0 saturated heterocycles. The van der Waals surface area contributed by atoms with E-state index in [1.165, 1.54) is 43.6 Å². The molecular formula is C23H18F4N2O6S. The number of hydrogen-bond acceptors (Lipinski definition) is 7. The number of methoxy groups -OCH3 is 1. The summed E-state index contributed by atoms with van der Waals surface area (Å²) in [5.41, 5.74) is -1.51. The number of hydrogen-bond donors (Lipinski definition) is 1. The molecule has 13 heteroatoms. The van der Waals surface area contributed by atoms with Gasteiger partial charge in [-0.25, -0.2) is 17.6 Å². The van der Waals surface area contributed by atoms with Gasteiger partial charge in [-0.05, 0) is 54.1 Å². The van der Waals surface area contributed by atoms with E-state index < -0.39 is 39.5 Å². The van der Waals surface area contributed by atoms with E-state index in [-0.39, 0.29) is 40.5 Å². The molecule has 0 bridgehead atoms. The molecule has 2 heterocycles. The topological polar surface area (TPSA) is 104 Å². The van der Waals surface area contributed by atoms with E-state index in [4.69, 9.17) is 4.74 Å². The average Bonchev–Trinajstić information content (AvgIpc) is 2.84. The first kappa shape index (κ1) is 25.4. The van der Waals surface area contributed by atoms with Gasteiger partial charge in [0.25, 0.3) is 0 Å². The SMILES string of the molecule is COC(=O)c1ccc(S(=O)(=O)N[C@]2(c3ccc(OC(F)(F)F)c(F)c3)CCOc3cccnc32)cc1. The van der Waals surface area contributed by atoms with Crippen LogP contribution in [0.25, 0.3) is 0 Å². The molecule has 190 valence electrons. The van der Waals surface area contributed by atoms with Crippen LogP contribution in [-0.4, -0.2) is 39.5 Å². The summed E-state index contributed by atoms with van der Waals surface area (Å²) < 4.78 is 95.8. The third kappa shape index (κ3) is 4.97. The Morgan fingerprint density at radius 2 is 1.86 bits per heavy atom. The molecular weight excluding hydrogens is 508 g/mol. The van der Waals surface area contributed by atoms with E-state index in [1.54, 1.807) is 6.07 Å². The normalized spacial score (nSPS) is 17.6. The molecule has 1 N–H and O–H groups in total. The van der Waals surface area contributed by atoms with Crippen LogP contribution in [0.15, 0.2) is 65.7 Å². The first-order chi connectivity index (χ1) is 16.9. The van der Waals surface area contributed by atoms with E-state index in [1.807, 2.05) is 0 Å². The number of alkyl halides is 3. The zero-order chi connectivity index (χ0) is 26.1. The Morgan fingerprint density at radius 3 is 2.50 bits per heavy atom. The van der Waals surface area contributed by atoms with Crippen molar-refractivity contribution < 1.29 is 45.0 Å². The van der Waals surface area contributed by atoms with Crippen LogP contribution in [0.2, 0.25) is 0 Å². The second kappa shape index (κ2) is 9.39. The third-order valence-electron chi connectivity index (χ3n) is 5.45. The Morgan fingerprint density at radius 1 is 1.14 bits per heavy atom. The lowest BCUT2D eigenvalue weighted by atomic mass is 9.82. The summed E-state index contributed by atoms with van der Waals surface area (Å²) >= 11 is 0. The molecule has 0 spiro atoms. The fourth-order valence-electron chi connectivity index (χ4n) is 3.85. The summed E-state index contributed by atoms with van der Waals surface area (Å²) in [6.45, 7) is -0.00901. The number of nitrogens with one attached hydrogen (secondary N) is 1. The quantitative estimate of drug-likeness (QED) is 0.384. The minimum atomic E-state index is -5.12. The molecule has 0 unspecified atom stereocenters. The highest BCUT2D eigenvalue weighted by molar-refractivity contribution is 7.89. The highest BCUT2D eigenvalue weighted by Crippen LogP contribution is 2.42. The molecule has 1 atom stereocenters. The van der Waals surface area contributed by atoms with Gasteiger partial charge in [0.05, 0.1) is 24.2 Å². The third-order valence-corrected chi connectivity index (χ3v) is 6.96. The second-order valence-electron chi connectivity index (χ2n) is 7.67. The number of carbonyl (C=O) groups excluding carboxylic acids is 1. The number of rotatable bonds is 6. The van der Waals surface area contributed by atoms with Gasteiger partial charge < -0.3 is 14.2 Å². The van der Waals surface area contributed by atoms with Crippen LogP contribution in [-0.2, 0) is 20.3 Å². The predicted octanol–water partition coefficient (Wildman–Crippen LogP) is 3.91. The predicted molar refractivity (Wildman–Crippen MR) is 116 cm³/mol. The van der Waals surface area contributed by atoms with E-state index in [0.29, 0.717) is 0 Å². The molecule has 0 radical (unpaired) electrons. The molecule has 36 heavy (non-hydrogen) atoms. The number of carbonyl (C=O) groups is 1. The maximum Gasteiger partial charge on any atom is 0.573 e. The van der Waals surface area contributed by atoms with Gasteiger partial charge in [-0.15, -0.1) is 13.2 Å². The highest BCUT2D eigenvalue weighted by atomic mass is 32.2. The molecule has 2 aromatic carbocycles. The lowest BCUT2D eigenvalue weighted by Crippen LogP contribution is -2.50. The molecule has 0 aliphatic carbocycles. The largest absolute Gasteiger partial charge is 0.573 e. The number of aromatic nitrogens is 1. The van der Waals surface area contributed by atoms with E-state index in [9.17, 15) is 30.8 Å². The highest BCUT2D eigenvalue weighted by Gasteiger charge is 2.45. The molecule has 8 nitrogen and oxygen atoms in total. The number of ether oxygens (including phenoxy) is 3. The van der Waals surface area contributed by atoms with Crippen molar-refractivity contribution >= 4 is 16.0 Å². The van der Waals surface area contributed by atoms with Gasteiger partial charge in [0, 0.05) is 12.6 Å². The van der Waals surface area contributed by atoms with Crippen molar-refractivity contribution in [3.8, 4) is 11.5 Å². The number of esters is 1. The molecule has 4 rings (SSSR count). The zero-order valence-electron chi connectivity index (χ0n) is 18.5. The summed E-state index contributed by atoms with van der Waals surface area (Å²) in [4.78, 5) is 15.7. The minimum absolute atomic E-state index is 0.00901. The standard InChI is InChI=1S/C23H18F4N2O6S/c1-33-21(30)14-4-7-16(8-5-14)36(31,32)29-22(10-12-34-19-3-2-11-28-20(19)22)15-6-9-18(17(24)13-15)35-23(25,26)27/h2-9,11,13,29H,10,12H2,1H3/t22-/m0/s1. The van der Waals surface area contributed by atoms with E-state index in [0.717, 1.165) is 18.2 Å². The van der Waals surface area contributed by atoms with Crippen molar-refractivity contribution in [3.05, 3.63) is 83.4 Å². The number of fused-ring (bicyclic) bond motifs is 1. The molecule has 1 aliphatic heterocycles. The molecule has 0 amide bonds. The molecule has 1 aliphatic rings. The van der Waals surface area contributed by atoms with Crippen LogP contribution in [0.1, 0.15) is 28.0 Å². The summed E-state index contributed by atoms with van der Waals surface area (Å²) in [7, 11) is -3.16. The van der Waals surface area contributed by atoms with Gasteiger partial charge in [0.1, 0.15) is 17.0 Å². The minimum Gasteiger partial charge on any atom is -0.491 e. The fraction of sp³-hybridized carbons (Fsp3) is 0.217. The van der Waals surface area contributed by atoms with Crippen molar-refractivity contribution in [2.45, 2.75) is 23.2 Å². The van der Waals surface area contributed by atoms with Gasteiger partial charge in [0.2, 0.25) is 10.0 Å². The van der Waals surface area contributed by atoms with Gasteiger partial charge in [-0.1, -0.05) is 6.07 Å². The number of nitrogens with zero attached hydrogens (tertiary/aromatic N) is 1. The molecule has 1 aromatic heterocycles. The Labute approximate surface area is 202 Å². The second-order valence-corrected chi connectivity index (χ2v) is 9.35. The Balaban J connectivity index is 1.81. The smallest absolute Gasteiger partial charge is 0.491 e. The van der Waals surface area contributed by atoms with Crippen LogP contribution in [0.5, 0.6) is 11.5 Å². The van der Waals surface area contributed by atoms with Crippen LogP contribution in [0, 0.1) is 5.82 Å². The van der Waals surface area contributed by atoms with Crippen molar-refractivity contribution in [1.29, 1.82) is 0 Å². The van der Waals surface area contributed by atoms with Crippen molar-refractivity contribution in [3.63, 3.8) is 0 Å². The van der Waals surface area contributed by atoms with Crippen LogP contribution in [0.3, 0.4) is 0 Å². The summed E-state index contributed by atoms with van der Waals surface area (Å²) in [6, 6.07) is 10.6. The lowest BCUT2D eigenvalue weighted by molar-refractivity contribution is -0.275. The van der Waals surface area contributed by atoms with Gasteiger partial charge in [-0.3, -0.25) is 4.98 Å². The van der Waals surface area contributed by atoms with Gasteiger partial charge in [-0.2, -0.15) is 4.72 Å². The monoisotopic (exact) mass is 526 g/mol. The fourth-order valence-corrected chi connectivity index (χ4v) is 5.24. The van der Waals surface area contributed by atoms with Crippen molar-refractivity contribution in [2.75, 3.05) is 13.7 Å². The van der Waals surface area contributed by atoms with Crippen molar-refractivity contribution in [1.82, 2.24) is 9.71 Å². The van der Waals surface area contributed by atoms with Crippen molar-refractivity contribution in [2.24, 2.45) is 0 Å². The molecule has 0 saturated carbocycles. The van der Waals surface area contributed by atoms with Crippen LogP contribution < -0.4 is 14.2 Å². The Hall–Kier alpha value is -3.71. The molecule has 3 aromatic rings. The van der Waals surface area contributed by atoms with E-state index in [2.05, 4.69) is 19.2 Å². The number of pyridine rings is 1. The number of halogens is 4.